The van der Waals surface area contributed by atoms with Crippen molar-refractivity contribution in [1.29, 1.82) is 0 Å². The van der Waals surface area contributed by atoms with Gasteiger partial charge in [0.1, 0.15) is 11.3 Å². The number of rotatable bonds is 6. The van der Waals surface area contributed by atoms with Crippen LogP contribution in [0.4, 0.5) is 21.3 Å². The van der Waals surface area contributed by atoms with Gasteiger partial charge in [-0.3, -0.25) is 4.79 Å². The smallest absolute Gasteiger partial charge is 0.340 e. The van der Waals surface area contributed by atoms with E-state index < -0.39 is 12.0 Å². The van der Waals surface area contributed by atoms with Gasteiger partial charge in [0.2, 0.25) is 5.91 Å². The van der Waals surface area contributed by atoms with Crippen LogP contribution in [0.25, 0.3) is 10.2 Å². The lowest BCUT2D eigenvalue weighted by Crippen LogP contribution is -2.21. The van der Waals surface area contributed by atoms with Crippen molar-refractivity contribution in [2.45, 2.75) is 13.8 Å². The summed E-state index contributed by atoms with van der Waals surface area (Å²) in [6.45, 7) is 3.34. The third-order valence-electron chi connectivity index (χ3n) is 3.89. The maximum Gasteiger partial charge on any atom is 0.340 e. The predicted octanol–water partition coefficient (Wildman–Crippen LogP) is 4.08. The van der Waals surface area contributed by atoms with Crippen LogP contribution >= 0.6 is 11.3 Å². The molecule has 156 valence electrons. The number of urea groups is 1. The Kier molecular flexibility index (Phi) is 6.48. The van der Waals surface area contributed by atoms with Crippen molar-refractivity contribution in [1.82, 2.24) is 4.98 Å². The Bertz CT molecular complexity index is 1110. The van der Waals surface area contributed by atoms with Gasteiger partial charge < -0.3 is 25.4 Å². The molecule has 0 aliphatic rings. The molecule has 0 fully saturated rings. The highest BCUT2D eigenvalue weighted by atomic mass is 32.1. The van der Waals surface area contributed by atoms with Gasteiger partial charge in [-0.05, 0) is 25.1 Å². The van der Waals surface area contributed by atoms with E-state index >= 15 is 0 Å². The predicted molar refractivity (Wildman–Crippen MR) is 116 cm³/mol. The molecule has 0 atom stereocenters. The fraction of sp³-hybridized carbons (Fsp3) is 0.200. The minimum absolute atomic E-state index is 0.231. The van der Waals surface area contributed by atoms with Gasteiger partial charge in [-0.15, -0.1) is 0 Å². The largest absolute Gasteiger partial charge is 0.494 e. The summed E-state index contributed by atoms with van der Waals surface area (Å²) in [6.07, 6.45) is 0. The third kappa shape index (κ3) is 4.84. The SMILES string of the molecule is CCOC(=O)c1ccccc1NC(=O)Nc1cc(OC)c2nc(NC(C)=O)sc2c1. The number of para-hydroxylation sites is 1. The summed E-state index contributed by atoms with van der Waals surface area (Å²) in [5.74, 6) is -0.305. The van der Waals surface area contributed by atoms with E-state index in [2.05, 4.69) is 20.9 Å². The molecule has 1 aromatic heterocycles. The van der Waals surface area contributed by atoms with E-state index in [9.17, 15) is 14.4 Å². The van der Waals surface area contributed by atoms with Crippen molar-refractivity contribution in [3.8, 4) is 5.75 Å². The number of anilines is 3. The summed E-state index contributed by atoms with van der Waals surface area (Å²) in [4.78, 5) is 40.2. The molecule has 9 nitrogen and oxygen atoms in total. The highest BCUT2D eigenvalue weighted by molar-refractivity contribution is 7.22. The van der Waals surface area contributed by atoms with Gasteiger partial charge in [0.25, 0.3) is 0 Å². The van der Waals surface area contributed by atoms with Crippen LogP contribution in [-0.4, -0.2) is 36.6 Å². The zero-order valence-corrected chi connectivity index (χ0v) is 17.4. The highest BCUT2D eigenvalue weighted by Gasteiger charge is 2.16. The number of fused-ring (bicyclic) bond motifs is 1. The molecule has 3 amide bonds. The van der Waals surface area contributed by atoms with Crippen molar-refractivity contribution < 1.29 is 23.9 Å². The summed E-state index contributed by atoms with van der Waals surface area (Å²) in [5, 5.41) is 8.44. The third-order valence-corrected chi connectivity index (χ3v) is 4.81. The van der Waals surface area contributed by atoms with Gasteiger partial charge in [-0.1, -0.05) is 23.5 Å². The summed E-state index contributed by atoms with van der Waals surface area (Å²) in [5.41, 5.74) is 1.62. The van der Waals surface area contributed by atoms with Gasteiger partial charge in [-0.25, -0.2) is 14.6 Å². The van der Waals surface area contributed by atoms with Gasteiger partial charge in [0.05, 0.1) is 29.7 Å². The first-order valence-electron chi connectivity index (χ1n) is 9.01. The topological polar surface area (TPSA) is 119 Å². The van der Waals surface area contributed by atoms with Crippen LogP contribution in [0, 0.1) is 0 Å². The molecule has 0 aliphatic carbocycles. The van der Waals surface area contributed by atoms with Crippen LogP contribution in [-0.2, 0) is 9.53 Å². The number of benzene rings is 2. The van der Waals surface area contributed by atoms with Crippen LogP contribution in [0.2, 0.25) is 0 Å². The molecular weight excluding hydrogens is 408 g/mol. The lowest BCUT2D eigenvalue weighted by atomic mass is 10.2. The lowest BCUT2D eigenvalue weighted by molar-refractivity contribution is -0.114. The number of hydrogen-bond acceptors (Lipinski definition) is 7. The molecule has 3 N–H and O–H groups in total. The minimum Gasteiger partial charge on any atom is -0.494 e. The number of amides is 3. The van der Waals surface area contributed by atoms with Crippen molar-refractivity contribution >= 4 is 56.0 Å². The summed E-state index contributed by atoms with van der Waals surface area (Å²) in [7, 11) is 1.49. The van der Waals surface area contributed by atoms with Crippen molar-refractivity contribution in [2.75, 3.05) is 29.7 Å². The Morgan fingerprint density at radius 1 is 1.10 bits per heavy atom. The molecule has 0 unspecified atom stereocenters. The molecule has 3 rings (SSSR count). The first kappa shape index (κ1) is 21.1. The van der Waals surface area contributed by atoms with Crippen LogP contribution in [0.5, 0.6) is 5.75 Å². The zero-order chi connectivity index (χ0) is 21.7. The van der Waals surface area contributed by atoms with Crippen LogP contribution in [0.15, 0.2) is 36.4 Å². The number of ether oxygens (including phenoxy) is 2. The fourth-order valence-electron chi connectivity index (χ4n) is 2.69. The van der Waals surface area contributed by atoms with Crippen molar-refractivity contribution in [2.24, 2.45) is 0 Å². The lowest BCUT2D eigenvalue weighted by Gasteiger charge is -2.12. The van der Waals surface area contributed by atoms with Crippen LogP contribution in [0.1, 0.15) is 24.2 Å². The van der Waals surface area contributed by atoms with E-state index in [1.807, 2.05) is 0 Å². The molecule has 30 heavy (non-hydrogen) atoms. The average Bonchev–Trinajstić information content (AvgIpc) is 3.09. The Labute approximate surface area is 176 Å². The zero-order valence-electron chi connectivity index (χ0n) is 16.6. The van der Waals surface area contributed by atoms with E-state index in [1.54, 1.807) is 43.3 Å². The van der Waals surface area contributed by atoms with Crippen molar-refractivity contribution in [3.63, 3.8) is 0 Å². The maximum absolute atomic E-state index is 12.5. The molecule has 0 radical (unpaired) electrons. The number of carbonyl (C=O) groups excluding carboxylic acids is 3. The molecule has 0 bridgehead atoms. The van der Waals surface area contributed by atoms with E-state index in [-0.39, 0.29) is 18.1 Å². The molecule has 2 aromatic carbocycles. The van der Waals surface area contributed by atoms with Gasteiger partial charge in [0, 0.05) is 18.7 Å². The molecule has 10 heteroatoms. The number of methoxy groups -OCH3 is 1. The Morgan fingerprint density at radius 3 is 2.57 bits per heavy atom. The number of esters is 1. The molecule has 0 saturated heterocycles. The monoisotopic (exact) mass is 428 g/mol. The minimum atomic E-state index is -0.542. The summed E-state index contributed by atoms with van der Waals surface area (Å²) < 4.78 is 11.1. The molecule has 0 saturated carbocycles. The quantitative estimate of drug-likeness (QED) is 0.509. The summed E-state index contributed by atoms with van der Waals surface area (Å²) >= 11 is 1.26. The molecule has 1 heterocycles. The van der Waals surface area contributed by atoms with Gasteiger partial charge in [0.15, 0.2) is 5.13 Å². The summed E-state index contributed by atoms with van der Waals surface area (Å²) in [6, 6.07) is 9.37. The second-order valence-electron chi connectivity index (χ2n) is 6.07. The normalized spacial score (nSPS) is 10.4. The van der Waals surface area contributed by atoms with Gasteiger partial charge in [-0.2, -0.15) is 0 Å². The van der Waals surface area contributed by atoms with E-state index in [4.69, 9.17) is 9.47 Å². The maximum atomic E-state index is 12.5. The molecule has 0 aliphatic heterocycles. The van der Waals surface area contributed by atoms with E-state index in [1.165, 1.54) is 25.4 Å². The fourth-order valence-corrected chi connectivity index (χ4v) is 3.66. The number of aromatic nitrogens is 1. The standard InChI is InChI=1S/C20H20N4O5S/c1-4-29-18(26)13-7-5-6-8-14(13)23-19(27)22-12-9-15(28-3)17-16(10-12)30-20(24-17)21-11(2)25/h5-10H,4H2,1-3H3,(H,21,24,25)(H2,22,23,27). The van der Waals surface area contributed by atoms with Crippen LogP contribution in [0.3, 0.4) is 0 Å². The number of thiazole rings is 1. The molecule has 0 spiro atoms. The number of nitrogens with zero attached hydrogens (tertiary/aromatic N) is 1. The number of nitrogens with one attached hydrogen (secondary N) is 3. The molecular formula is C20H20N4O5S. The number of carbonyl (C=O) groups is 3. The van der Waals surface area contributed by atoms with Crippen LogP contribution < -0.4 is 20.7 Å². The van der Waals surface area contributed by atoms with E-state index in [0.29, 0.717) is 27.8 Å². The number of hydrogen-bond donors (Lipinski definition) is 3. The Hall–Kier alpha value is -3.66. The first-order chi connectivity index (χ1) is 14.4. The first-order valence-corrected chi connectivity index (χ1v) is 9.83. The van der Waals surface area contributed by atoms with Crippen molar-refractivity contribution in [3.05, 3.63) is 42.0 Å². The Morgan fingerprint density at radius 2 is 1.87 bits per heavy atom. The second kappa shape index (κ2) is 9.23. The van der Waals surface area contributed by atoms with E-state index in [0.717, 1.165) is 4.70 Å². The second-order valence-corrected chi connectivity index (χ2v) is 7.10. The Balaban J connectivity index is 1.82. The van der Waals surface area contributed by atoms with Gasteiger partial charge >= 0.3 is 12.0 Å². The average molecular weight is 428 g/mol. The molecule has 3 aromatic rings. The highest BCUT2D eigenvalue weighted by Crippen LogP contribution is 2.35.